The van der Waals surface area contributed by atoms with Crippen LogP contribution in [0.3, 0.4) is 0 Å². The van der Waals surface area contributed by atoms with E-state index in [9.17, 15) is 12.8 Å². The van der Waals surface area contributed by atoms with E-state index in [1.807, 2.05) is 0 Å². The first-order valence-corrected chi connectivity index (χ1v) is 7.75. The minimum atomic E-state index is -3.02. The lowest BCUT2D eigenvalue weighted by Gasteiger charge is -2.23. The molecule has 2 fully saturated rings. The second-order valence-electron chi connectivity index (χ2n) is 4.55. The average molecular weight is 286 g/mol. The van der Waals surface area contributed by atoms with Gasteiger partial charge in [0.1, 0.15) is 5.82 Å². The first-order chi connectivity index (χ1) is 8.46. The molecular formula is C11H11FN2O2S2. The van der Waals surface area contributed by atoms with Crippen LogP contribution in [0.5, 0.6) is 0 Å². The molecule has 3 rings (SSSR count). The Bertz CT molecular complexity index is 600. The average Bonchev–Trinajstić information content (AvgIpc) is 2.70. The summed E-state index contributed by atoms with van der Waals surface area (Å²) in [6, 6.07) is 5.55. The summed E-state index contributed by atoms with van der Waals surface area (Å²) in [6.07, 6.45) is 0. The summed E-state index contributed by atoms with van der Waals surface area (Å²) in [7, 11) is -3.02. The highest BCUT2D eigenvalue weighted by Gasteiger charge is 2.47. The van der Waals surface area contributed by atoms with E-state index in [1.165, 1.54) is 12.1 Å². The van der Waals surface area contributed by atoms with Gasteiger partial charge in [-0.25, -0.2) is 12.8 Å². The van der Waals surface area contributed by atoms with Gasteiger partial charge in [0.15, 0.2) is 14.9 Å². The molecule has 1 aromatic rings. The Morgan fingerprint density at radius 1 is 1.28 bits per heavy atom. The Hall–Kier alpha value is -1.21. The van der Waals surface area contributed by atoms with Crippen LogP contribution in [0.25, 0.3) is 0 Å². The fourth-order valence-corrected chi connectivity index (χ4v) is 4.79. The third-order valence-electron chi connectivity index (χ3n) is 3.29. The van der Waals surface area contributed by atoms with Gasteiger partial charge in [-0.2, -0.15) is 0 Å². The third kappa shape index (κ3) is 1.87. The predicted molar refractivity (Wildman–Crippen MR) is 70.8 cm³/mol. The molecule has 1 N–H and O–H groups in total. The maximum Gasteiger partial charge on any atom is 0.174 e. The van der Waals surface area contributed by atoms with Crippen LogP contribution in [0.15, 0.2) is 24.3 Å². The second-order valence-corrected chi connectivity index (χ2v) is 7.09. The highest BCUT2D eigenvalue weighted by Crippen LogP contribution is 2.29. The highest BCUT2D eigenvalue weighted by atomic mass is 32.2. The van der Waals surface area contributed by atoms with Crippen molar-refractivity contribution in [1.82, 2.24) is 5.32 Å². The number of thiocarbonyl (C=S) groups is 1. The Kier molecular flexibility index (Phi) is 2.56. The maximum atomic E-state index is 12.9. The Labute approximate surface area is 110 Å². The van der Waals surface area contributed by atoms with Crippen molar-refractivity contribution in [3.8, 4) is 0 Å². The smallest absolute Gasteiger partial charge is 0.174 e. The quantitative estimate of drug-likeness (QED) is 0.770. The van der Waals surface area contributed by atoms with Crippen LogP contribution in [0.1, 0.15) is 0 Å². The molecule has 2 heterocycles. The molecule has 7 heteroatoms. The number of rotatable bonds is 1. The Morgan fingerprint density at radius 2 is 1.94 bits per heavy atom. The van der Waals surface area contributed by atoms with E-state index in [1.54, 1.807) is 17.0 Å². The van der Waals surface area contributed by atoms with Crippen LogP contribution >= 0.6 is 12.2 Å². The van der Waals surface area contributed by atoms with Crippen molar-refractivity contribution in [1.29, 1.82) is 0 Å². The van der Waals surface area contributed by atoms with Crippen molar-refractivity contribution in [3.63, 3.8) is 0 Å². The van der Waals surface area contributed by atoms with Gasteiger partial charge in [-0.3, -0.25) is 0 Å². The summed E-state index contributed by atoms with van der Waals surface area (Å²) in [5.74, 6) is -0.134. The zero-order valence-corrected chi connectivity index (χ0v) is 11.0. The molecule has 4 nitrogen and oxygen atoms in total. The van der Waals surface area contributed by atoms with Crippen LogP contribution in [-0.2, 0) is 9.84 Å². The number of hydrogen-bond acceptors (Lipinski definition) is 3. The number of benzene rings is 1. The number of halogens is 1. The normalized spacial score (nSPS) is 29.2. The molecule has 1 aromatic carbocycles. The number of sulfone groups is 1. The van der Waals surface area contributed by atoms with Gasteiger partial charge >= 0.3 is 0 Å². The van der Waals surface area contributed by atoms with Gasteiger partial charge in [0, 0.05) is 5.69 Å². The SMILES string of the molecule is O=S1(=O)CC2NC(=S)N(c3ccc(F)cc3)C2C1. The van der Waals surface area contributed by atoms with E-state index in [4.69, 9.17) is 12.2 Å². The van der Waals surface area contributed by atoms with E-state index in [-0.39, 0.29) is 29.4 Å². The summed E-state index contributed by atoms with van der Waals surface area (Å²) in [4.78, 5) is 1.77. The number of hydrogen-bond donors (Lipinski definition) is 1. The molecule has 2 aliphatic heterocycles. The molecule has 96 valence electrons. The van der Waals surface area contributed by atoms with Crippen molar-refractivity contribution < 1.29 is 12.8 Å². The number of anilines is 1. The van der Waals surface area contributed by atoms with E-state index in [0.29, 0.717) is 5.11 Å². The van der Waals surface area contributed by atoms with E-state index in [2.05, 4.69) is 5.32 Å². The standard InChI is InChI=1S/C11H11FN2O2S2/c12-7-1-3-8(4-2-7)14-10-6-18(15,16)5-9(10)13-11(14)17/h1-4,9-10H,5-6H2,(H,13,17). The molecule has 2 atom stereocenters. The lowest BCUT2D eigenvalue weighted by molar-refractivity contribution is 0.600. The third-order valence-corrected chi connectivity index (χ3v) is 5.32. The maximum absolute atomic E-state index is 12.9. The molecule has 0 aromatic heterocycles. The van der Waals surface area contributed by atoms with Gasteiger partial charge in [-0.1, -0.05) is 0 Å². The molecular weight excluding hydrogens is 275 g/mol. The van der Waals surface area contributed by atoms with Gasteiger partial charge in [0.2, 0.25) is 0 Å². The molecule has 0 amide bonds. The topological polar surface area (TPSA) is 49.4 Å². The molecule has 0 spiro atoms. The minimum absolute atomic E-state index is 0.0855. The molecule has 0 bridgehead atoms. The van der Waals surface area contributed by atoms with Crippen molar-refractivity contribution in [2.24, 2.45) is 0 Å². The lowest BCUT2D eigenvalue weighted by Crippen LogP contribution is -2.36. The van der Waals surface area contributed by atoms with Gasteiger partial charge in [0.05, 0.1) is 23.6 Å². The largest absolute Gasteiger partial charge is 0.356 e. The number of fused-ring (bicyclic) bond motifs is 1. The van der Waals surface area contributed by atoms with Crippen molar-refractivity contribution in [2.45, 2.75) is 12.1 Å². The molecule has 0 radical (unpaired) electrons. The molecule has 0 saturated carbocycles. The van der Waals surface area contributed by atoms with Crippen LogP contribution in [0, 0.1) is 5.82 Å². The zero-order chi connectivity index (χ0) is 12.9. The number of nitrogens with zero attached hydrogens (tertiary/aromatic N) is 1. The molecule has 2 aliphatic rings. The summed E-state index contributed by atoms with van der Waals surface area (Å²) in [6.45, 7) is 0. The van der Waals surface area contributed by atoms with Gasteiger partial charge < -0.3 is 10.2 Å². The first kappa shape index (κ1) is 11.9. The van der Waals surface area contributed by atoms with Gasteiger partial charge in [-0.05, 0) is 36.5 Å². The van der Waals surface area contributed by atoms with E-state index in [0.717, 1.165) is 5.69 Å². The summed E-state index contributed by atoms with van der Waals surface area (Å²) in [5, 5.41) is 3.53. The lowest BCUT2D eigenvalue weighted by atomic mass is 10.1. The summed E-state index contributed by atoms with van der Waals surface area (Å²) < 4.78 is 36.1. The van der Waals surface area contributed by atoms with Crippen molar-refractivity contribution in [2.75, 3.05) is 16.4 Å². The fourth-order valence-electron chi connectivity index (χ4n) is 2.51. The fraction of sp³-hybridized carbons (Fsp3) is 0.364. The van der Waals surface area contributed by atoms with E-state index >= 15 is 0 Å². The van der Waals surface area contributed by atoms with Crippen molar-refractivity contribution in [3.05, 3.63) is 30.1 Å². The number of nitrogens with one attached hydrogen (secondary N) is 1. The van der Waals surface area contributed by atoms with Crippen LogP contribution in [0.2, 0.25) is 0 Å². The molecule has 2 unspecified atom stereocenters. The first-order valence-electron chi connectivity index (χ1n) is 5.52. The Morgan fingerprint density at radius 3 is 2.61 bits per heavy atom. The Balaban J connectivity index is 1.96. The molecule has 0 aliphatic carbocycles. The van der Waals surface area contributed by atoms with E-state index < -0.39 is 9.84 Å². The monoisotopic (exact) mass is 286 g/mol. The van der Waals surface area contributed by atoms with Crippen LogP contribution < -0.4 is 10.2 Å². The van der Waals surface area contributed by atoms with Crippen LogP contribution in [0.4, 0.5) is 10.1 Å². The zero-order valence-electron chi connectivity index (χ0n) is 9.34. The second kappa shape index (κ2) is 3.89. The summed E-state index contributed by atoms with van der Waals surface area (Å²) >= 11 is 5.21. The van der Waals surface area contributed by atoms with Gasteiger partial charge in [-0.15, -0.1) is 0 Å². The van der Waals surface area contributed by atoms with Gasteiger partial charge in [0.25, 0.3) is 0 Å². The van der Waals surface area contributed by atoms with Crippen molar-refractivity contribution >= 4 is 32.9 Å². The minimum Gasteiger partial charge on any atom is -0.356 e. The highest BCUT2D eigenvalue weighted by molar-refractivity contribution is 7.91. The van der Waals surface area contributed by atoms with Crippen LogP contribution in [-0.4, -0.2) is 37.1 Å². The molecule has 18 heavy (non-hydrogen) atoms. The summed E-state index contributed by atoms with van der Waals surface area (Å²) in [5.41, 5.74) is 0.721. The predicted octanol–water partition coefficient (Wildman–Crippen LogP) is 0.686. The molecule has 2 saturated heterocycles.